The summed E-state index contributed by atoms with van der Waals surface area (Å²) in [5.74, 6) is 0.508. The highest BCUT2D eigenvalue weighted by atomic mass is 79.9. The number of hydrogen-bond donors (Lipinski definition) is 0. The molecular formula is C8H5BrClN3OS. The Morgan fingerprint density at radius 1 is 1.40 bits per heavy atom. The number of thiophene rings is 1. The van der Waals surface area contributed by atoms with Gasteiger partial charge in [-0.2, -0.15) is 15.0 Å². The summed E-state index contributed by atoms with van der Waals surface area (Å²) in [5, 5.41) is 2.06. The van der Waals surface area contributed by atoms with E-state index in [9.17, 15) is 0 Å². The zero-order chi connectivity index (χ0) is 10.8. The molecule has 0 spiro atoms. The lowest BCUT2D eigenvalue weighted by molar-refractivity contribution is 0.379. The monoisotopic (exact) mass is 305 g/mol. The Hall–Kier alpha value is -0.720. The summed E-state index contributed by atoms with van der Waals surface area (Å²) in [6.07, 6.45) is 0. The second-order valence-electron chi connectivity index (χ2n) is 2.51. The average molecular weight is 307 g/mol. The molecule has 0 N–H and O–H groups in total. The van der Waals surface area contributed by atoms with Gasteiger partial charge in [0.05, 0.1) is 12.0 Å². The van der Waals surface area contributed by atoms with Crippen molar-refractivity contribution in [3.63, 3.8) is 0 Å². The standard InChI is InChI=1S/C8H5BrClN3OS/c1-14-8-12-6(11-7(10)13-8)5-4(9)2-3-15-5/h2-3H,1H3. The van der Waals surface area contributed by atoms with Crippen molar-refractivity contribution in [3.05, 3.63) is 21.2 Å². The Balaban J connectivity index is 2.53. The van der Waals surface area contributed by atoms with Crippen LogP contribution in [0.15, 0.2) is 15.9 Å². The van der Waals surface area contributed by atoms with E-state index in [1.165, 1.54) is 18.4 Å². The van der Waals surface area contributed by atoms with Gasteiger partial charge in [0.2, 0.25) is 5.28 Å². The van der Waals surface area contributed by atoms with Gasteiger partial charge in [0.1, 0.15) is 0 Å². The van der Waals surface area contributed by atoms with E-state index in [4.69, 9.17) is 16.3 Å². The first-order chi connectivity index (χ1) is 7.20. The van der Waals surface area contributed by atoms with Crippen molar-refractivity contribution in [2.75, 3.05) is 7.11 Å². The molecule has 78 valence electrons. The Morgan fingerprint density at radius 2 is 2.20 bits per heavy atom. The molecule has 4 nitrogen and oxygen atoms in total. The van der Waals surface area contributed by atoms with Crippen LogP contribution in [0.25, 0.3) is 10.7 Å². The minimum absolute atomic E-state index is 0.122. The van der Waals surface area contributed by atoms with Gasteiger partial charge in [0.25, 0.3) is 0 Å². The number of aromatic nitrogens is 3. The predicted molar refractivity (Wildman–Crippen MR) is 62.4 cm³/mol. The summed E-state index contributed by atoms with van der Waals surface area (Å²) in [6.45, 7) is 0. The van der Waals surface area contributed by atoms with Crippen molar-refractivity contribution < 1.29 is 4.74 Å². The number of halogens is 2. The molecule has 2 aromatic rings. The maximum absolute atomic E-state index is 5.75. The van der Waals surface area contributed by atoms with E-state index in [-0.39, 0.29) is 11.3 Å². The summed E-state index contributed by atoms with van der Waals surface area (Å²) in [5.41, 5.74) is 0. The van der Waals surface area contributed by atoms with Gasteiger partial charge in [-0.05, 0) is 39.0 Å². The molecule has 0 saturated heterocycles. The third-order valence-electron chi connectivity index (χ3n) is 1.59. The van der Waals surface area contributed by atoms with Gasteiger partial charge in [0.15, 0.2) is 5.82 Å². The average Bonchev–Trinajstić information content (AvgIpc) is 2.63. The molecular weight excluding hydrogens is 302 g/mol. The van der Waals surface area contributed by atoms with Gasteiger partial charge in [-0.1, -0.05) is 0 Å². The second-order valence-corrected chi connectivity index (χ2v) is 4.62. The summed E-state index contributed by atoms with van der Waals surface area (Å²) >= 11 is 10.7. The lowest BCUT2D eigenvalue weighted by Gasteiger charge is -2.01. The number of rotatable bonds is 2. The van der Waals surface area contributed by atoms with Crippen LogP contribution in [-0.2, 0) is 0 Å². The number of ether oxygens (including phenoxy) is 1. The van der Waals surface area contributed by atoms with Crippen LogP contribution < -0.4 is 4.74 Å². The van der Waals surface area contributed by atoms with Crippen molar-refractivity contribution in [2.24, 2.45) is 0 Å². The minimum atomic E-state index is 0.122. The van der Waals surface area contributed by atoms with Crippen LogP contribution in [-0.4, -0.2) is 22.1 Å². The van der Waals surface area contributed by atoms with E-state index in [2.05, 4.69) is 30.9 Å². The summed E-state index contributed by atoms with van der Waals surface area (Å²) in [7, 11) is 1.49. The number of nitrogens with zero attached hydrogens (tertiary/aromatic N) is 3. The van der Waals surface area contributed by atoms with Crippen LogP contribution in [0.3, 0.4) is 0 Å². The molecule has 0 unspecified atom stereocenters. The summed E-state index contributed by atoms with van der Waals surface area (Å²) in [4.78, 5) is 12.8. The maximum Gasteiger partial charge on any atom is 0.321 e. The summed E-state index contributed by atoms with van der Waals surface area (Å²) < 4.78 is 5.84. The molecule has 2 aromatic heterocycles. The van der Waals surface area contributed by atoms with Crippen molar-refractivity contribution >= 4 is 38.9 Å². The fraction of sp³-hybridized carbons (Fsp3) is 0.125. The van der Waals surface area contributed by atoms with Gasteiger partial charge < -0.3 is 4.74 Å². The maximum atomic E-state index is 5.75. The Labute approximate surface area is 103 Å². The van der Waals surface area contributed by atoms with Crippen LogP contribution in [0.1, 0.15) is 0 Å². The van der Waals surface area contributed by atoms with Crippen molar-refractivity contribution in [3.8, 4) is 16.7 Å². The molecule has 0 amide bonds. The van der Waals surface area contributed by atoms with Gasteiger partial charge in [-0.25, -0.2) is 0 Å². The lowest BCUT2D eigenvalue weighted by Crippen LogP contribution is -1.97. The van der Waals surface area contributed by atoms with Crippen molar-refractivity contribution in [1.29, 1.82) is 0 Å². The second kappa shape index (κ2) is 4.42. The largest absolute Gasteiger partial charge is 0.467 e. The molecule has 0 fully saturated rings. The van der Waals surface area contributed by atoms with E-state index in [1.807, 2.05) is 11.4 Å². The van der Waals surface area contributed by atoms with Crippen LogP contribution in [0, 0.1) is 0 Å². The van der Waals surface area contributed by atoms with Crippen LogP contribution in [0.5, 0.6) is 6.01 Å². The Morgan fingerprint density at radius 3 is 2.80 bits per heavy atom. The smallest absolute Gasteiger partial charge is 0.321 e. The van der Waals surface area contributed by atoms with E-state index in [1.54, 1.807) is 0 Å². The molecule has 0 aromatic carbocycles. The zero-order valence-electron chi connectivity index (χ0n) is 7.57. The van der Waals surface area contributed by atoms with Crippen molar-refractivity contribution in [2.45, 2.75) is 0 Å². The molecule has 0 saturated carbocycles. The highest BCUT2D eigenvalue weighted by molar-refractivity contribution is 9.10. The first kappa shape index (κ1) is 10.8. The van der Waals surface area contributed by atoms with E-state index in [0.717, 1.165) is 9.35 Å². The topological polar surface area (TPSA) is 47.9 Å². The van der Waals surface area contributed by atoms with Crippen LogP contribution in [0.2, 0.25) is 5.28 Å². The van der Waals surface area contributed by atoms with Crippen LogP contribution in [0.4, 0.5) is 0 Å². The zero-order valence-corrected chi connectivity index (χ0v) is 10.7. The molecule has 2 rings (SSSR count). The van der Waals surface area contributed by atoms with Gasteiger partial charge in [-0.3, -0.25) is 0 Å². The van der Waals surface area contributed by atoms with Gasteiger partial charge >= 0.3 is 6.01 Å². The Kier molecular flexibility index (Phi) is 3.18. The highest BCUT2D eigenvalue weighted by Gasteiger charge is 2.11. The van der Waals surface area contributed by atoms with E-state index >= 15 is 0 Å². The first-order valence-corrected chi connectivity index (χ1v) is 5.94. The van der Waals surface area contributed by atoms with Crippen molar-refractivity contribution in [1.82, 2.24) is 15.0 Å². The molecule has 0 atom stereocenters. The molecule has 2 heterocycles. The molecule has 7 heteroatoms. The Bertz CT molecular complexity index is 490. The first-order valence-electron chi connectivity index (χ1n) is 3.89. The SMILES string of the molecule is COc1nc(Cl)nc(-c2sccc2Br)n1. The molecule has 0 aliphatic heterocycles. The third-order valence-corrected chi connectivity index (χ3v) is 3.59. The molecule has 0 radical (unpaired) electrons. The fourth-order valence-corrected chi connectivity index (χ4v) is 2.61. The van der Waals surface area contributed by atoms with E-state index in [0.29, 0.717) is 5.82 Å². The quantitative estimate of drug-likeness (QED) is 0.855. The third kappa shape index (κ3) is 2.27. The normalized spacial score (nSPS) is 10.3. The number of methoxy groups -OCH3 is 1. The molecule has 0 aliphatic carbocycles. The fourth-order valence-electron chi connectivity index (χ4n) is 0.978. The lowest BCUT2D eigenvalue weighted by atomic mass is 10.4. The van der Waals surface area contributed by atoms with Crippen LogP contribution >= 0.6 is 38.9 Å². The summed E-state index contributed by atoms with van der Waals surface area (Å²) in [6, 6.07) is 2.13. The van der Waals surface area contributed by atoms with Gasteiger partial charge in [-0.15, -0.1) is 11.3 Å². The minimum Gasteiger partial charge on any atom is -0.467 e. The highest BCUT2D eigenvalue weighted by Crippen LogP contribution is 2.31. The van der Waals surface area contributed by atoms with Gasteiger partial charge in [0, 0.05) is 4.47 Å². The van der Waals surface area contributed by atoms with E-state index < -0.39 is 0 Å². The predicted octanol–water partition coefficient (Wildman–Crippen LogP) is 3.02. The molecule has 0 bridgehead atoms. The molecule has 15 heavy (non-hydrogen) atoms. The molecule has 0 aliphatic rings. The number of hydrogen-bond acceptors (Lipinski definition) is 5.